The van der Waals surface area contributed by atoms with Crippen LogP contribution in [0.3, 0.4) is 0 Å². The molecular formula is C22H25FN2O3. The van der Waals surface area contributed by atoms with Gasteiger partial charge in [-0.2, -0.15) is 0 Å². The van der Waals surface area contributed by atoms with Gasteiger partial charge in [-0.3, -0.25) is 0 Å². The summed E-state index contributed by atoms with van der Waals surface area (Å²) in [7, 11) is 0. The number of aromatic nitrogens is 1. The Bertz CT molecular complexity index is 932. The van der Waals surface area contributed by atoms with E-state index in [9.17, 15) is 9.18 Å². The topological polar surface area (TPSA) is 60.5 Å². The van der Waals surface area contributed by atoms with Gasteiger partial charge < -0.3 is 14.8 Å². The number of hydrogen-bond acceptors (Lipinski definition) is 4. The summed E-state index contributed by atoms with van der Waals surface area (Å²) in [6.45, 7) is 13.4. The lowest BCUT2D eigenvalue weighted by Crippen LogP contribution is -2.46. The zero-order valence-electron chi connectivity index (χ0n) is 16.9. The van der Waals surface area contributed by atoms with Gasteiger partial charge in [0.05, 0.1) is 5.69 Å². The van der Waals surface area contributed by atoms with Crippen LogP contribution in [0.1, 0.15) is 45.9 Å². The summed E-state index contributed by atoms with van der Waals surface area (Å²) in [6, 6.07) is 7.93. The van der Waals surface area contributed by atoms with Gasteiger partial charge in [-0.05, 0) is 70.5 Å². The molecule has 1 aromatic carbocycles. The summed E-state index contributed by atoms with van der Waals surface area (Å²) >= 11 is 0. The van der Waals surface area contributed by atoms with Crippen LogP contribution in [0.25, 0.3) is 16.8 Å². The van der Waals surface area contributed by atoms with Gasteiger partial charge in [0.25, 0.3) is 0 Å². The lowest BCUT2D eigenvalue weighted by molar-refractivity contribution is 0.0447. The minimum atomic E-state index is -0.792. The number of pyridine rings is 1. The van der Waals surface area contributed by atoms with Crippen LogP contribution < -0.4 is 10.1 Å². The first kappa shape index (κ1) is 19.9. The third-order valence-electron chi connectivity index (χ3n) is 4.40. The van der Waals surface area contributed by atoms with Crippen LogP contribution >= 0.6 is 0 Å². The Hall–Kier alpha value is -2.89. The lowest BCUT2D eigenvalue weighted by atomic mass is 9.92. The zero-order valence-corrected chi connectivity index (χ0v) is 16.9. The van der Waals surface area contributed by atoms with Crippen LogP contribution in [0.2, 0.25) is 0 Å². The normalized spacial score (nSPS) is 18.2. The van der Waals surface area contributed by atoms with E-state index in [-0.39, 0.29) is 12.4 Å². The molecule has 28 heavy (non-hydrogen) atoms. The summed E-state index contributed by atoms with van der Waals surface area (Å²) in [5, 5.41) is 2.92. The molecule has 1 N–H and O–H groups in total. The maximum absolute atomic E-state index is 13.4. The van der Waals surface area contributed by atoms with Gasteiger partial charge in [-0.15, -0.1) is 0 Å². The highest BCUT2D eigenvalue weighted by atomic mass is 19.1. The van der Waals surface area contributed by atoms with Gasteiger partial charge in [0.1, 0.15) is 29.3 Å². The highest BCUT2D eigenvalue weighted by Gasteiger charge is 2.41. The monoisotopic (exact) mass is 384 g/mol. The van der Waals surface area contributed by atoms with Crippen molar-refractivity contribution >= 4 is 11.7 Å². The van der Waals surface area contributed by atoms with Crippen molar-refractivity contribution in [2.45, 2.75) is 45.8 Å². The van der Waals surface area contributed by atoms with Crippen molar-refractivity contribution in [2.75, 3.05) is 6.61 Å². The molecule has 0 saturated carbocycles. The van der Waals surface area contributed by atoms with E-state index in [1.807, 2.05) is 40.7 Å². The van der Waals surface area contributed by atoms with E-state index in [4.69, 9.17) is 9.47 Å². The molecule has 1 amide bonds. The molecule has 3 rings (SSSR count). The minimum absolute atomic E-state index is 0.233. The molecule has 0 radical (unpaired) electrons. The molecule has 0 bridgehead atoms. The van der Waals surface area contributed by atoms with E-state index in [0.717, 1.165) is 16.7 Å². The van der Waals surface area contributed by atoms with E-state index < -0.39 is 17.2 Å². The number of nitrogens with zero attached hydrogens (tertiary/aromatic N) is 1. The van der Waals surface area contributed by atoms with Crippen molar-refractivity contribution < 1.29 is 18.7 Å². The second-order valence-electron chi connectivity index (χ2n) is 8.27. The summed E-state index contributed by atoms with van der Waals surface area (Å²) in [4.78, 5) is 17.0. The average molecular weight is 384 g/mol. The molecule has 1 unspecified atom stereocenters. The van der Waals surface area contributed by atoms with Crippen LogP contribution in [0, 0.1) is 5.82 Å². The lowest BCUT2D eigenvalue weighted by Gasteiger charge is -2.27. The number of ether oxygens (including phenoxy) is 2. The molecule has 148 valence electrons. The van der Waals surface area contributed by atoms with Gasteiger partial charge in [-0.1, -0.05) is 6.58 Å². The largest absolute Gasteiger partial charge is 0.488 e. The van der Waals surface area contributed by atoms with E-state index in [1.54, 1.807) is 12.1 Å². The zero-order chi connectivity index (χ0) is 20.7. The van der Waals surface area contributed by atoms with E-state index in [2.05, 4.69) is 16.9 Å². The predicted octanol–water partition coefficient (Wildman–Crippen LogP) is 5.05. The minimum Gasteiger partial charge on any atom is -0.488 e. The molecule has 1 atom stereocenters. The summed E-state index contributed by atoms with van der Waals surface area (Å²) in [5.74, 6) is 0.240. The molecule has 2 heterocycles. The van der Waals surface area contributed by atoms with Gasteiger partial charge >= 0.3 is 6.09 Å². The molecule has 1 aliphatic rings. The van der Waals surface area contributed by atoms with E-state index in [1.165, 1.54) is 12.1 Å². The first-order chi connectivity index (χ1) is 13.0. The number of alkyl carbamates (subject to hydrolysis) is 1. The SMILES string of the molecule is C=C(C)c1cc2c(c(-c3ccc(F)cc3)n1)OCC2(C)NC(=O)OC(C)(C)C. The average Bonchev–Trinajstić information content (AvgIpc) is 2.90. The number of hydrogen-bond donors (Lipinski definition) is 1. The third-order valence-corrected chi connectivity index (χ3v) is 4.40. The molecule has 6 heteroatoms. The Morgan fingerprint density at radius 3 is 2.54 bits per heavy atom. The van der Waals surface area contributed by atoms with Crippen molar-refractivity contribution in [3.05, 3.63) is 54.0 Å². The van der Waals surface area contributed by atoms with E-state index >= 15 is 0 Å². The Kier molecular flexibility index (Phi) is 4.91. The third kappa shape index (κ3) is 4.01. The quantitative estimate of drug-likeness (QED) is 0.804. The fourth-order valence-corrected chi connectivity index (χ4v) is 3.04. The van der Waals surface area contributed by atoms with Crippen LogP contribution in [-0.2, 0) is 10.3 Å². The van der Waals surface area contributed by atoms with Crippen LogP contribution in [0.15, 0.2) is 36.9 Å². The van der Waals surface area contributed by atoms with Crippen molar-refractivity contribution in [3.8, 4) is 17.0 Å². The number of fused-ring (bicyclic) bond motifs is 1. The number of allylic oxidation sites excluding steroid dienone is 1. The van der Waals surface area contributed by atoms with Gasteiger partial charge in [0.2, 0.25) is 0 Å². The smallest absolute Gasteiger partial charge is 0.408 e. The predicted molar refractivity (Wildman–Crippen MR) is 107 cm³/mol. The van der Waals surface area contributed by atoms with Crippen molar-refractivity contribution in [3.63, 3.8) is 0 Å². The van der Waals surface area contributed by atoms with Crippen molar-refractivity contribution in [2.24, 2.45) is 0 Å². The maximum atomic E-state index is 13.4. The van der Waals surface area contributed by atoms with Gasteiger partial charge in [0.15, 0.2) is 5.75 Å². The molecule has 0 saturated heterocycles. The molecule has 0 fully saturated rings. The summed E-state index contributed by atoms with van der Waals surface area (Å²) in [6.07, 6.45) is -0.525. The van der Waals surface area contributed by atoms with Gasteiger partial charge in [0, 0.05) is 11.1 Å². The Labute approximate surface area is 164 Å². The summed E-state index contributed by atoms with van der Waals surface area (Å²) < 4.78 is 24.7. The fraction of sp³-hybridized carbons (Fsp3) is 0.364. The highest BCUT2D eigenvalue weighted by molar-refractivity contribution is 5.76. The molecule has 1 aliphatic heterocycles. The van der Waals surface area contributed by atoms with E-state index in [0.29, 0.717) is 17.1 Å². The number of rotatable bonds is 3. The fourth-order valence-electron chi connectivity index (χ4n) is 3.04. The number of benzene rings is 1. The van der Waals surface area contributed by atoms with Crippen LogP contribution in [-0.4, -0.2) is 23.3 Å². The Balaban J connectivity index is 2.06. The molecular weight excluding hydrogens is 359 g/mol. The molecule has 1 aromatic heterocycles. The molecule has 5 nitrogen and oxygen atoms in total. The molecule has 2 aromatic rings. The first-order valence-electron chi connectivity index (χ1n) is 9.10. The maximum Gasteiger partial charge on any atom is 0.408 e. The molecule has 0 aliphatic carbocycles. The Morgan fingerprint density at radius 2 is 1.96 bits per heavy atom. The number of carbonyl (C=O) groups excluding carboxylic acids is 1. The van der Waals surface area contributed by atoms with Crippen molar-refractivity contribution in [1.82, 2.24) is 10.3 Å². The highest BCUT2D eigenvalue weighted by Crippen LogP contribution is 2.44. The number of nitrogens with one attached hydrogen (secondary N) is 1. The number of carbonyl (C=O) groups is 1. The standard InChI is InChI=1S/C22H25FN2O3/c1-13(2)17-11-16-19(18(24-17)14-7-9-15(23)10-8-14)27-12-22(16,6)25-20(26)28-21(3,4)5/h7-11H,1,12H2,2-6H3,(H,25,26). The Morgan fingerprint density at radius 1 is 1.32 bits per heavy atom. The number of halogens is 1. The second kappa shape index (κ2) is 6.93. The molecule has 0 spiro atoms. The second-order valence-corrected chi connectivity index (χ2v) is 8.27. The first-order valence-corrected chi connectivity index (χ1v) is 9.10. The summed E-state index contributed by atoms with van der Waals surface area (Å²) in [5.41, 5.74) is 2.15. The van der Waals surface area contributed by atoms with Crippen LogP contribution in [0.4, 0.5) is 9.18 Å². The van der Waals surface area contributed by atoms with Crippen LogP contribution in [0.5, 0.6) is 5.75 Å². The van der Waals surface area contributed by atoms with Gasteiger partial charge in [-0.25, -0.2) is 14.2 Å². The van der Waals surface area contributed by atoms with Crippen molar-refractivity contribution in [1.29, 1.82) is 0 Å². The number of amides is 1.